The van der Waals surface area contributed by atoms with Gasteiger partial charge in [-0.05, 0) is 12.8 Å². The monoisotopic (exact) mass is 276 g/mol. The van der Waals surface area contributed by atoms with E-state index < -0.39 is 16.0 Å². The molecule has 0 aromatic carbocycles. The number of hydrogen-bond acceptors (Lipinski definition) is 5. The third-order valence-electron chi connectivity index (χ3n) is 2.55. The fraction of sp³-hybridized carbons (Fsp3) is 0.556. The lowest BCUT2D eigenvalue weighted by Crippen LogP contribution is -2.33. The fourth-order valence-electron chi connectivity index (χ4n) is 1.65. The van der Waals surface area contributed by atoms with Gasteiger partial charge >= 0.3 is 5.97 Å². The van der Waals surface area contributed by atoms with Crippen LogP contribution in [0.3, 0.4) is 0 Å². The fourth-order valence-corrected chi connectivity index (χ4v) is 4.60. The minimum atomic E-state index is -3.71. The molecule has 0 unspecified atom stereocenters. The van der Waals surface area contributed by atoms with Crippen molar-refractivity contribution in [1.82, 2.24) is 9.29 Å². The lowest BCUT2D eigenvalue weighted by molar-refractivity contribution is 0.0687. The summed E-state index contributed by atoms with van der Waals surface area (Å²) in [5, 5.41) is 8.89. The predicted octanol–water partition coefficient (Wildman–Crippen LogP) is 1.01. The number of sulfonamides is 1. The largest absolute Gasteiger partial charge is 0.476 e. The van der Waals surface area contributed by atoms with Gasteiger partial charge in [0.25, 0.3) is 10.0 Å². The predicted molar refractivity (Wildman–Crippen MR) is 61.7 cm³/mol. The van der Waals surface area contributed by atoms with E-state index in [0.29, 0.717) is 6.54 Å². The van der Waals surface area contributed by atoms with E-state index in [1.807, 2.05) is 0 Å². The first-order valence-electron chi connectivity index (χ1n) is 5.17. The van der Waals surface area contributed by atoms with E-state index in [1.54, 1.807) is 6.92 Å². The molecular formula is C9H12N2O4S2. The van der Waals surface area contributed by atoms with Gasteiger partial charge in [0.15, 0.2) is 9.90 Å². The van der Waals surface area contributed by atoms with Gasteiger partial charge in [-0.3, -0.25) is 0 Å². The Morgan fingerprint density at radius 2 is 2.29 bits per heavy atom. The van der Waals surface area contributed by atoms with E-state index in [0.717, 1.165) is 24.2 Å². The molecule has 0 bridgehead atoms. The Kier molecular flexibility index (Phi) is 3.19. The van der Waals surface area contributed by atoms with E-state index in [2.05, 4.69) is 4.98 Å². The van der Waals surface area contributed by atoms with Crippen molar-refractivity contribution in [3.63, 3.8) is 0 Å². The molecule has 0 aliphatic heterocycles. The van der Waals surface area contributed by atoms with Crippen molar-refractivity contribution in [2.45, 2.75) is 30.0 Å². The number of nitrogens with zero attached hydrogens (tertiary/aromatic N) is 2. The van der Waals surface area contributed by atoms with Crippen molar-refractivity contribution in [3.8, 4) is 0 Å². The number of carbonyl (C=O) groups is 1. The highest BCUT2D eigenvalue weighted by Gasteiger charge is 2.39. The van der Waals surface area contributed by atoms with Crippen molar-refractivity contribution < 1.29 is 18.3 Å². The molecule has 0 saturated heterocycles. The third kappa shape index (κ3) is 2.20. The molecule has 1 heterocycles. The van der Waals surface area contributed by atoms with Crippen LogP contribution in [0.2, 0.25) is 0 Å². The summed E-state index contributed by atoms with van der Waals surface area (Å²) in [7, 11) is -3.71. The van der Waals surface area contributed by atoms with Gasteiger partial charge in [0.2, 0.25) is 0 Å². The molecule has 2 rings (SSSR count). The van der Waals surface area contributed by atoms with Crippen molar-refractivity contribution in [2.24, 2.45) is 0 Å². The van der Waals surface area contributed by atoms with Crippen molar-refractivity contribution in [1.29, 1.82) is 0 Å². The zero-order valence-corrected chi connectivity index (χ0v) is 10.8. The Balaban J connectivity index is 2.43. The second-order valence-electron chi connectivity index (χ2n) is 3.73. The minimum Gasteiger partial charge on any atom is -0.476 e. The zero-order valence-electron chi connectivity index (χ0n) is 9.16. The molecule has 0 spiro atoms. The Morgan fingerprint density at radius 3 is 2.76 bits per heavy atom. The number of rotatable bonds is 5. The van der Waals surface area contributed by atoms with Crippen LogP contribution in [0.25, 0.3) is 0 Å². The van der Waals surface area contributed by atoms with Crippen molar-refractivity contribution in [2.75, 3.05) is 6.54 Å². The summed E-state index contributed by atoms with van der Waals surface area (Å²) < 4.78 is 25.7. The average molecular weight is 276 g/mol. The number of thiazole rings is 1. The molecule has 0 atom stereocenters. The Bertz CT molecular complexity index is 533. The second kappa shape index (κ2) is 4.35. The lowest BCUT2D eigenvalue weighted by Gasteiger charge is -2.18. The van der Waals surface area contributed by atoms with E-state index >= 15 is 0 Å². The van der Waals surface area contributed by atoms with E-state index in [1.165, 1.54) is 9.82 Å². The quantitative estimate of drug-likeness (QED) is 0.867. The second-order valence-corrected chi connectivity index (χ2v) is 6.67. The third-order valence-corrected chi connectivity index (χ3v) is 5.92. The van der Waals surface area contributed by atoms with Gasteiger partial charge < -0.3 is 5.11 Å². The van der Waals surface area contributed by atoms with Crippen LogP contribution in [0.5, 0.6) is 0 Å². The highest BCUT2D eigenvalue weighted by atomic mass is 32.2. The molecule has 0 amide bonds. The molecule has 1 aliphatic rings. The van der Waals surface area contributed by atoms with Crippen molar-refractivity contribution in [3.05, 3.63) is 11.2 Å². The molecule has 0 radical (unpaired) electrons. The molecule has 17 heavy (non-hydrogen) atoms. The number of carboxylic acids is 1. The molecular weight excluding hydrogens is 264 g/mol. The lowest BCUT2D eigenvalue weighted by atomic mass is 10.5. The molecule has 1 saturated carbocycles. The summed E-state index contributed by atoms with van der Waals surface area (Å²) in [6, 6.07) is 0.0220. The van der Waals surface area contributed by atoms with Gasteiger partial charge in [0, 0.05) is 12.6 Å². The molecule has 1 N–H and O–H groups in total. The summed E-state index contributed by atoms with van der Waals surface area (Å²) in [5.41, 5.74) is 0.867. The molecule has 6 nitrogen and oxygen atoms in total. The van der Waals surface area contributed by atoms with Gasteiger partial charge in [0.1, 0.15) is 0 Å². The Morgan fingerprint density at radius 1 is 1.65 bits per heavy atom. The normalized spacial score (nSPS) is 16.4. The zero-order chi connectivity index (χ0) is 12.6. The van der Waals surface area contributed by atoms with Gasteiger partial charge in [-0.1, -0.05) is 6.92 Å². The smallest absolute Gasteiger partial charge is 0.356 e. The topological polar surface area (TPSA) is 87.6 Å². The van der Waals surface area contributed by atoms with Crippen LogP contribution in [0.15, 0.2) is 9.72 Å². The van der Waals surface area contributed by atoms with Gasteiger partial charge in [0.05, 0.1) is 5.51 Å². The Labute approximate surface area is 103 Å². The van der Waals surface area contributed by atoms with Crippen LogP contribution in [-0.4, -0.2) is 41.4 Å². The first kappa shape index (κ1) is 12.5. The first-order chi connectivity index (χ1) is 7.98. The summed E-state index contributed by atoms with van der Waals surface area (Å²) >= 11 is 0.852. The average Bonchev–Trinajstić information content (AvgIpc) is 2.94. The number of hydrogen-bond donors (Lipinski definition) is 1. The molecule has 8 heteroatoms. The highest BCUT2D eigenvalue weighted by molar-refractivity contribution is 7.91. The molecule has 94 valence electrons. The van der Waals surface area contributed by atoms with E-state index in [4.69, 9.17) is 5.11 Å². The molecule has 1 fully saturated rings. The highest BCUT2D eigenvalue weighted by Crippen LogP contribution is 2.33. The summed E-state index contributed by atoms with van der Waals surface area (Å²) in [4.78, 5) is 14.5. The molecule has 1 aliphatic carbocycles. The van der Waals surface area contributed by atoms with Crippen molar-refractivity contribution >= 4 is 27.3 Å². The van der Waals surface area contributed by atoms with Gasteiger partial charge in [-0.25, -0.2) is 18.2 Å². The molecule has 1 aromatic heterocycles. The Hall–Kier alpha value is -0.990. The van der Waals surface area contributed by atoms with E-state index in [9.17, 15) is 13.2 Å². The number of aromatic carboxylic acids is 1. The maximum Gasteiger partial charge on any atom is 0.356 e. The number of aromatic nitrogens is 1. The van der Waals surface area contributed by atoms with Crippen LogP contribution in [0.1, 0.15) is 30.3 Å². The summed E-state index contributed by atoms with van der Waals surface area (Å²) in [6.07, 6.45) is 1.68. The standard InChI is InChI=1S/C9H12N2O4S2/c1-2-11(6-3-4-6)17(14,15)9-7(8(12)13)10-5-16-9/h5-6H,2-4H2,1H3,(H,12,13). The minimum absolute atomic E-state index is 0.0220. The maximum atomic E-state index is 12.3. The molecule has 1 aromatic rings. The summed E-state index contributed by atoms with van der Waals surface area (Å²) in [5.74, 6) is -1.31. The number of carboxylic acid groups (broad SMARTS) is 1. The summed E-state index contributed by atoms with van der Waals surface area (Å²) in [6.45, 7) is 2.10. The van der Waals surface area contributed by atoms with Crippen LogP contribution >= 0.6 is 11.3 Å². The van der Waals surface area contributed by atoms with Gasteiger partial charge in [-0.15, -0.1) is 11.3 Å². The van der Waals surface area contributed by atoms with Crippen LogP contribution in [-0.2, 0) is 10.0 Å². The van der Waals surface area contributed by atoms with Crippen LogP contribution in [0, 0.1) is 0 Å². The van der Waals surface area contributed by atoms with E-state index in [-0.39, 0.29) is 15.9 Å². The SMILES string of the molecule is CCN(C1CC1)S(=O)(=O)c1scnc1C(=O)O. The maximum absolute atomic E-state index is 12.3. The first-order valence-corrected chi connectivity index (χ1v) is 7.49. The van der Waals surface area contributed by atoms with Crippen LogP contribution in [0.4, 0.5) is 0 Å². The van der Waals surface area contributed by atoms with Crippen LogP contribution < -0.4 is 0 Å². The van der Waals surface area contributed by atoms with Gasteiger partial charge in [-0.2, -0.15) is 4.31 Å².